The van der Waals surface area contributed by atoms with Crippen LogP contribution in [0.4, 0.5) is 0 Å². The third kappa shape index (κ3) is 7.16. The van der Waals surface area contributed by atoms with Crippen LogP contribution in [-0.4, -0.2) is 61.1 Å². The molecule has 3 heterocycles. The second-order valence-electron chi connectivity index (χ2n) is 14.6. The van der Waals surface area contributed by atoms with Gasteiger partial charge in [0, 0.05) is 48.2 Å². The number of hydrogen-bond donors (Lipinski definition) is 1. The van der Waals surface area contributed by atoms with Gasteiger partial charge in [0.15, 0.2) is 0 Å². The Morgan fingerprint density at radius 1 is 1.06 bits per heavy atom. The van der Waals surface area contributed by atoms with Gasteiger partial charge in [-0.3, -0.25) is 18.8 Å². The third-order valence-electron chi connectivity index (χ3n) is 11.1. The van der Waals surface area contributed by atoms with Crippen molar-refractivity contribution in [3.63, 3.8) is 0 Å². The van der Waals surface area contributed by atoms with Crippen LogP contribution in [0.3, 0.4) is 0 Å². The molecule has 1 aliphatic heterocycles. The Labute approximate surface area is 288 Å². The molecule has 13 heteroatoms. The summed E-state index contributed by atoms with van der Waals surface area (Å²) in [7, 11) is -3.91. The van der Waals surface area contributed by atoms with Crippen LogP contribution in [0.25, 0.3) is 11.3 Å². The normalized spacial score (nSPS) is 32.2. The Balaban J connectivity index is 1.64. The first kappa shape index (κ1) is 37.0. The number of ether oxygens (including phenoxy) is 3. The van der Waals surface area contributed by atoms with Crippen molar-refractivity contribution in [3.8, 4) is 17.1 Å². The summed E-state index contributed by atoms with van der Waals surface area (Å²) in [5.41, 5.74) is -3.52. The molecule has 2 fully saturated rings. The lowest BCUT2D eigenvalue weighted by Gasteiger charge is -2.66. The Bertz CT molecular complexity index is 1690. The number of esters is 2. The molecule has 270 valence electrons. The number of aliphatic hydroxyl groups is 1. The number of pyridine rings is 1. The smallest absolute Gasteiger partial charge is 0.345 e. The van der Waals surface area contributed by atoms with Gasteiger partial charge in [-0.05, 0) is 62.5 Å². The molecule has 2 aliphatic carbocycles. The lowest BCUT2D eigenvalue weighted by atomic mass is 9.42. The number of aromatic nitrogens is 1. The molecule has 12 nitrogen and oxygen atoms in total. The zero-order chi connectivity index (χ0) is 35.8. The predicted octanol–water partition coefficient (Wildman–Crippen LogP) is 5.51. The van der Waals surface area contributed by atoms with E-state index in [4.69, 9.17) is 22.8 Å². The number of nitrogens with zero attached hydrogens (tertiary/aromatic N) is 1. The molecular formula is C36H49NO11S. The van der Waals surface area contributed by atoms with Gasteiger partial charge < -0.3 is 23.7 Å². The van der Waals surface area contributed by atoms with Gasteiger partial charge in [-0.15, -0.1) is 0 Å². The number of carbonyl (C=O) groups excluding carboxylic acids is 2. The first-order valence-corrected chi connectivity index (χ1v) is 19.1. The molecule has 0 aromatic carbocycles. The summed E-state index contributed by atoms with van der Waals surface area (Å²) in [5.74, 6) is -1.82. The van der Waals surface area contributed by atoms with Gasteiger partial charge in [0.05, 0.1) is 19.0 Å². The monoisotopic (exact) mass is 703 g/mol. The average Bonchev–Trinajstić information content (AvgIpc) is 3.04. The lowest BCUT2D eigenvalue weighted by molar-refractivity contribution is -0.269. The Morgan fingerprint density at radius 2 is 1.71 bits per heavy atom. The van der Waals surface area contributed by atoms with Gasteiger partial charge in [-0.2, -0.15) is 8.42 Å². The van der Waals surface area contributed by atoms with Crippen molar-refractivity contribution in [1.82, 2.24) is 4.98 Å². The second-order valence-corrected chi connectivity index (χ2v) is 16.2. The number of carbonyl (C=O) groups is 2. The molecule has 5 rings (SSSR count). The zero-order valence-electron chi connectivity index (χ0n) is 29.2. The summed E-state index contributed by atoms with van der Waals surface area (Å²) >= 11 is 0. The highest BCUT2D eigenvalue weighted by atomic mass is 32.2. The van der Waals surface area contributed by atoms with Crippen LogP contribution in [0.15, 0.2) is 39.8 Å². The number of rotatable bonds is 12. The highest BCUT2D eigenvalue weighted by Crippen LogP contribution is 2.67. The summed E-state index contributed by atoms with van der Waals surface area (Å²) in [4.78, 5) is 44.0. The van der Waals surface area contributed by atoms with Gasteiger partial charge in [-0.1, -0.05) is 40.5 Å². The molecule has 0 saturated heterocycles. The maximum Gasteiger partial charge on any atom is 0.345 e. The Hall–Kier alpha value is -3.29. The predicted molar refractivity (Wildman–Crippen MR) is 179 cm³/mol. The summed E-state index contributed by atoms with van der Waals surface area (Å²) in [5, 5.41) is 12.3. The van der Waals surface area contributed by atoms with E-state index >= 15 is 0 Å². The highest BCUT2D eigenvalue weighted by Gasteiger charge is 2.70. The van der Waals surface area contributed by atoms with E-state index in [0.29, 0.717) is 31.2 Å². The first-order chi connectivity index (χ1) is 23.1. The SMILES string of the molecule is CCCCC(=O)O[C@H]1CC[C@@]2(C)C(C[C@H](OC(=O)CCCC)[C@@]3(C)Oc4cc(-c5cccnc5)oc(=O)c4C(O)C23)[C@]1(C)COS(C)(=O)=O. The van der Waals surface area contributed by atoms with Crippen molar-refractivity contribution < 1.29 is 45.9 Å². The van der Waals surface area contributed by atoms with Gasteiger partial charge in [0.1, 0.15) is 34.9 Å². The van der Waals surface area contributed by atoms with E-state index in [2.05, 4.69) is 4.98 Å². The van der Waals surface area contributed by atoms with E-state index < -0.39 is 68.3 Å². The highest BCUT2D eigenvalue weighted by molar-refractivity contribution is 7.85. The number of unbranched alkanes of at least 4 members (excludes halogenated alkanes) is 2. The molecule has 2 aromatic rings. The maximum absolute atomic E-state index is 13.6. The molecule has 2 saturated carbocycles. The fraction of sp³-hybridized carbons (Fsp3) is 0.667. The van der Waals surface area contributed by atoms with Crippen molar-refractivity contribution >= 4 is 22.1 Å². The topological polar surface area (TPSA) is 169 Å². The fourth-order valence-electron chi connectivity index (χ4n) is 8.69. The standard InChI is InChI=1S/C36H49NO11S/c1-7-9-13-28(38)46-26-15-16-34(3)25(35(26,4)21-44-49(6,42)43)19-27(47-29(39)14-10-8-2)36(5)32(34)31(40)30-24(48-36)18-23(45-33(30)41)22-12-11-17-37-20-22/h11-12,17-18,20,25-27,31-32,40H,7-10,13-16,19,21H2,1-6H3/t25?,26-,27-,31?,32?,34-,35-,36+/m0/s1. The van der Waals surface area contributed by atoms with E-state index in [1.165, 1.54) is 0 Å². The van der Waals surface area contributed by atoms with Gasteiger partial charge >= 0.3 is 17.6 Å². The average molecular weight is 704 g/mol. The second kappa shape index (κ2) is 14.1. The number of aliphatic hydroxyl groups excluding tert-OH is 1. The molecule has 3 aliphatic rings. The van der Waals surface area contributed by atoms with Crippen LogP contribution < -0.4 is 10.4 Å². The van der Waals surface area contributed by atoms with E-state index in [1.54, 1.807) is 37.5 Å². The van der Waals surface area contributed by atoms with Crippen LogP contribution in [-0.2, 0) is 33.4 Å². The summed E-state index contributed by atoms with van der Waals surface area (Å²) in [6.07, 6.45) is 5.27. The van der Waals surface area contributed by atoms with Crippen LogP contribution in [0.1, 0.15) is 104 Å². The minimum absolute atomic E-state index is 0.0461. The molecule has 0 spiro atoms. The minimum atomic E-state index is -3.91. The molecule has 1 N–H and O–H groups in total. The van der Waals surface area contributed by atoms with Crippen LogP contribution in [0.5, 0.6) is 5.75 Å². The van der Waals surface area contributed by atoms with E-state index in [9.17, 15) is 27.9 Å². The van der Waals surface area contributed by atoms with Crippen LogP contribution >= 0.6 is 0 Å². The quantitative estimate of drug-likeness (QED) is 0.218. The summed E-state index contributed by atoms with van der Waals surface area (Å²) in [6.45, 7) is 9.24. The number of hydrogen-bond acceptors (Lipinski definition) is 12. The third-order valence-corrected chi connectivity index (χ3v) is 11.7. The summed E-state index contributed by atoms with van der Waals surface area (Å²) < 4.78 is 54.9. The van der Waals surface area contributed by atoms with Crippen molar-refractivity contribution in [2.75, 3.05) is 12.9 Å². The molecule has 0 amide bonds. The molecule has 3 unspecified atom stereocenters. The lowest BCUT2D eigenvalue weighted by Crippen LogP contribution is -2.71. The molecular weight excluding hydrogens is 654 g/mol. The molecule has 0 radical (unpaired) electrons. The minimum Gasteiger partial charge on any atom is -0.482 e. The summed E-state index contributed by atoms with van der Waals surface area (Å²) in [6, 6.07) is 5.00. The molecule has 2 aromatic heterocycles. The number of fused-ring (bicyclic) bond motifs is 4. The first-order valence-electron chi connectivity index (χ1n) is 17.3. The zero-order valence-corrected chi connectivity index (χ0v) is 30.0. The molecule has 8 atom stereocenters. The van der Waals surface area contributed by atoms with E-state index in [1.807, 2.05) is 27.7 Å². The van der Waals surface area contributed by atoms with Crippen LogP contribution in [0, 0.1) is 22.7 Å². The van der Waals surface area contributed by atoms with Gasteiger partial charge in [0.2, 0.25) is 0 Å². The largest absolute Gasteiger partial charge is 0.482 e. The van der Waals surface area contributed by atoms with Crippen molar-refractivity contribution in [3.05, 3.63) is 46.6 Å². The Kier molecular flexibility index (Phi) is 10.7. The van der Waals surface area contributed by atoms with Crippen LogP contribution in [0.2, 0.25) is 0 Å². The van der Waals surface area contributed by atoms with Crippen molar-refractivity contribution in [2.45, 2.75) is 116 Å². The molecule has 0 bridgehead atoms. The maximum atomic E-state index is 13.6. The van der Waals surface area contributed by atoms with Gasteiger partial charge in [0.25, 0.3) is 10.1 Å². The molecule has 49 heavy (non-hydrogen) atoms. The fourth-order valence-corrected chi connectivity index (χ4v) is 9.16. The van der Waals surface area contributed by atoms with E-state index in [0.717, 1.165) is 19.1 Å². The van der Waals surface area contributed by atoms with Crippen molar-refractivity contribution in [1.29, 1.82) is 0 Å². The van der Waals surface area contributed by atoms with Gasteiger partial charge in [-0.25, -0.2) is 4.79 Å². The Morgan fingerprint density at radius 3 is 2.31 bits per heavy atom. The van der Waals surface area contributed by atoms with Crippen molar-refractivity contribution in [2.24, 2.45) is 22.7 Å². The van der Waals surface area contributed by atoms with E-state index in [-0.39, 0.29) is 48.9 Å².